The highest BCUT2D eigenvalue weighted by atomic mass is 35.5. The fraction of sp³-hybridized carbons (Fsp3) is 0.286. The molecule has 440 valence electrons. The number of likely N-dealkylation sites (tertiary alicyclic amines) is 1. The first-order valence-corrected chi connectivity index (χ1v) is 27.1. The van der Waals surface area contributed by atoms with Crippen molar-refractivity contribution in [1.82, 2.24) is 33.5 Å². The molecule has 0 saturated carbocycles. The van der Waals surface area contributed by atoms with Gasteiger partial charge in [-0.25, -0.2) is 19.6 Å². The Hall–Kier alpha value is -8.92. The fourth-order valence-electron chi connectivity index (χ4n) is 9.40. The fourth-order valence-corrected chi connectivity index (χ4v) is 9.62. The van der Waals surface area contributed by atoms with E-state index >= 15 is 0 Å². The number of rotatable bonds is 11. The molecule has 0 spiro atoms. The zero-order chi connectivity index (χ0) is 61.4. The first-order chi connectivity index (χ1) is 39.7. The molecule has 0 radical (unpaired) electrons. The van der Waals surface area contributed by atoms with E-state index in [4.69, 9.17) is 46.4 Å². The van der Waals surface area contributed by atoms with E-state index in [1.807, 2.05) is 71.3 Å². The standard InChI is InChI=1S/C21H20ClNO5.2C19H21N3O.C4H6O6/c1-23-7-6-12(17(27)10-23)19-14(24)8-15(25)20-16(26)9-18(28-21(19)20)11-4-2-3-5-13(11)22;2*1-13-5-8-15(9-6-13)19-16(11-18(23)21(3)4)22-12-14(2)7-10-17(22)20-19;5-1(3(7)8)2(6)4(9)10/h2-5,8-9,12,17,24-25,27H,6-7,10H2,1H3;2*5-10,12H,11H2,1-4H3;1-2,5-6H,(H,7,8)(H,9,10)/t12-,17+;;;/m1.../s1. The number of β-amino-alcohol motifs (C(OH)–C–C–N with tert-alkyl or cyclic N) is 1. The van der Waals surface area contributed by atoms with Crippen molar-refractivity contribution >= 4 is 57.6 Å². The van der Waals surface area contributed by atoms with Crippen LogP contribution >= 0.6 is 11.6 Å². The number of benzene rings is 4. The van der Waals surface area contributed by atoms with Crippen LogP contribution in [0, 0.1) is 27.7 Å². The number of piperidine rings is 1. The van der Waals surface area contributed by atoms with Gasteiger partial charge in [-0.1, -0.05) is 95.5 Å². The number of nitrogens with zero attached hydrogens (tertiary/aromatic N) is 7. The van der Waals surface area contributed by atoms with Gasteiger partial charge in [0, 0.05) is 87.4 Å². The zero-order valence-corrected chi connectivity index (χ0v) is 48.7. The SMILES string of the molecule is CN1CC[C@@H](c2c(O)cc(O)c3c(=O)cc(-c4ccccc4Cl)oc23)[C@@H](O)C1.Cc1ccc(-c2nc3ccc(C)cn3c2CC(=O)N(C)C)cc1.Cc1ccc(-c2nc3ccc(C)cn3c2CC(=O)N(C)C)cc1.O=C(O)C(O)C(O)C(=O)O. The molecule has 1 saturated heterocycles. The number of aliphatic hydroxyl groups is 3. The number of halogens is 1. The summed E-state index contributed by atoms with van der Waals surface area (Å²) in [7, 11) is 9.03. The van der Waals surface area contributed by atoms with Crippen LogP contribution < -0.4 is 5.43 Å². The summed E-state index contributed by atoms with van der Waals surface area (Å²) >= 11 is 6.25. The van der Waals surface area contributed by atoms with E-state index in [9.17, 15) is 39.3 Å². The molecular weight excluding hydrogens is 1100 g/mol. The number of carboxylic acid groups (broad SMARTS) is 2. The Morgan fingerprint density at radius 2 is 1.12 bits per heavy atom. The summed E-state index contributed by atoms with van der Waals surface area (Å²) in [5.41, 5.74) is 12.6. The van der Waals surface area contributed by atoms with E-state index in [1.165, 1.54) is 17.2 Å². The molecule has 4 aromatic carbocycles. The quantitative estimate of drug-likeness (QED) is 0.0654. The number of aromatic hydroxyl groups is 2. The van der Waals surface area contributed by atoms with Gasteiger partial charge in [0.05, 0.1) is 46.7 Å². The van der Waals surface area contributed by atoms with Gasteiger partial charge in [-0.3, -0.25) is 14.4 Å². The van der Waals surface area contributed by atoms with Crippen LogP contribution in [0.15, 0.2) is 131 Å². The highest BCUT2D eigenvalue weighted by Crippen LogP contribution is 2.43. The molecule has 10 rings (SSSR count). The molecule has 7 N–H and O–H groups in total. The zero-order valence-electron chi connectivity index (χ0n) is 48.0. The van der Waals surface area contributed by atoms with Gasteiger partial charge < -0.3 is 63.7 Å². The molecule has 21 heteroatoms. The second-order valence-electron chi connectivity index (χ2n) is 21.1. The van der Waals surface area contributed by atoms with E-state index in [1.54, 1.807) is 62.3 Å². The van der Waals surface area contributed by atoms with Crippen molar-refractivity contribution in [3.05, 3.63) is 176 Å². The van der Waals surface area contributed by atoms with Gasteiger partial charge in [0.2, 0.25) is 11.8 Å². The molecular formula is C63H68ClN7O13. The number of imidazole rings is 2. The average Bonchev–Trinajstić information content (AvgIpc) is 2.09. The molecule has 1 aliphatic rings. The predicted molar refractivity (Wildman–Crippen MR) is 319 cm³/mol. The number of hydrogen-bond donors (Lipinski definition) is 7. The van der Waals surface area contributed by atoms with Crippen LogP contribution in [0.4, 0.5) is 0 Å². The Balaban J connectivity index is 0.000000168. The number of carbonyl (C=O) groups excluding carboxylic acids is 2. The van der Waals surface area contributed by atoms with E-state index < -0.39 is 41.6 Å². The molecule has 9 aromatic rings. The number of carboxylic acids is 2. The van der Waals surface area contributed by atoms with Gasteiger partial charge in [-0.2, -0.15) is 0 Å². The minimum atomic E-state index is -2.27. The maximum Gasteiger partial charge on any atom is 0.335 e. The number of aryl methyl sites for hydroxylation is 4. The number of aliphatic hydroxyl groups excluding tert-OH is 3. The number of hydrogen-bond acceptors (Lipinski definition) is 14. The van der Waals surface area contributed by atoms with Crippen LogP contribution in [0.2, 0.25) is 5.02 Å². The molecule has 2 unspecified atom stereocenters. The summed E-state index contributed by atoms with van der Waals surface area (Å²) in [5, 5.41) is 64.3. The van der Waals surface area contributed by atoms with Crippen molar-refractivity contribution in [1.29, 1.82) is 0 Å². The molecule has 1 aliphatic heterocycles. The van der Waals surface area contributed by atoms with E-state index in [0.717, 1.165) is 68.9 Å². The summed E-state index contributed by atoms with van der Waals surface area (Å²) in [5.74, 6) is -4.16. The third-order valence-electron chi connectivity index (χ3n) is 14.1. The van der Waals surface area contributed by atoms with Crippen LogP contribution in [0.3, 0.4) is 0 Å². The van der Waals surface area contributed by atoms with Crippen LogP contribution in [0.25, 0.3) is 56.1 Å². The number of phenols is 2. The minimum absolute atomic E-state index is 0.0188. The van der Waals surface area contributed by atoms with Crippen molar-refractivity contribution in [2.24, 2.45) is 0 Å². The van der Waals surface area contributed by atoms with E-state index in [0.29, 0.717) is 42.0 Å². The Morgan fingerprint density at radius 3 is 1.55 bits per heavy atom. The van der Waals surface area contributed by atoms with E-state index in [-0.39, 0.29) is 40.0 Å². The number of phenolic OH excluding ortho intramolecular Hbond substituents is 2. The molecule has 6 heterocycles. The molecule has 0 bridgehead atoms. The Labute approximate surface area is 489 Å². The van der Waals surface area contributed by atoms with Gasteiger partial charge in [0.15, 0.2) is 17.6 Å². The lowest BCUT2D eigenvalue weighted by Crippen LogP contribution is -2.40. The van der Waals surface area contributed by atoms with Crippen molar-refractivity contribution < 1.29 is 59.3 Å². The van der Waals surface area contributed by atoms with Crippen LogP contribution in [-0.4, -0.2) is 160 Å². The third-order valence-corrected chi connectivity index (χ3v) is 14.4. The number of fused-ring (bicyclic) bond motifs is 3. The smallest absolute Gasteiger partial charge is 0.335 e. The number of likely N-dealkylation sites (N-methyl/N-ethyl adjacent to an activating group) is 3. The topological polar surface area (TPSA) is 284 Å². The lowest BCUT2D eigenvalue weighted by molar-refractivity contribution is -0.165. The first-order valence-electron chi connectivity index (χ1n) is 26.7. The Bertz CT molecular complexity index is 3760. The summed E-state index contributed by atoms with van der Waals surface area (Å²) < 4.78 is 10.1. The number of aliphatic carboxylic acids is 2. The van der Waals surface area contributed by atoms with Crippen LogP contribution in [0.5, 0.6) is 11.5 Å². The van der Waals surface area contributed by atoms with Crippen molar-refractivity contribution in [2.45, 2.75) is 71.2 Å². The average molecular weight is 1170 g/mol. The lowest BCUT2D eigenvalue weighted by Gasteiger charge is -2.34. The summed E-state index contributed by atoms with van der Waals surface area (Å²) in [6.45, 7) is 9.37. The van der Waals surface area contributed by atoms with Gasteiger partial charge in [-0.15, -0.1) is 0 Å². The number of amides is 2. The summed E-state index contributed by atoms with van der Waals surface area (Å²) in [6.07, 6.45) is 0.0466. The van der Waals surface area contributed by atoms with Crippen molar-refractivity contribution in [3.8, 4) is 45.3 Å². The highest BCUT2D eigenvalue weighted by Gasteiger charge is 2.33. The summed E-state index contributed by atoms with van der Waals surface area (Å²) in [4.78, 5) is 71.6. The van der Waals surface area contributed by atoms with Gasteiger partial charge in [0.1, 0.15) is 39.5 Å². The maximum atomic E-state index is 12.8. The monoisotopic (exact) mass is 1170 g/mol. The minimum Gasteiger partial charge on any atom is -0.507 e. The number of carbonyl (C=O) groups is 4. The second-order valence-corrected chi connectivity index (χ2v) is 21.5. The molecule has 84 heavy (non-hydrogen) atoms. The normalized spacial score (nSPS) is 14.7. The van der Waals surface area contributed by atoms with Gasteiger partial charge >= 0.3 is 11.9 Å². The van der Waals surface area contributed by atoms with Crippen molar-refractivity contribution in [3.63, 3.8) is 0 Å². The predicted octanol–water partition coefficient (Wildman–Crippen LogP) is 7.68. The maximum absolute atomic E-state index is 12.8. The Morgan fingerprint density at radius 1 is 0.667 bits per heavy atom. The van der Waals surface area contributed by atoms with Gasteiger partial charge in [0.25, 0.3) is 0 Å². The molecule has 5 aromatic heterocycles. The largest absolute Gasteiger partial charge is 0.507 e. The number of pyridine rings is 2. The highest BCUT2D eigenvalue weighted by molar-refractivity contribution is 6.33. The molecule has 1 fully saturated rings. The molecule has 0 aliphatic carbocycles. The van der Waals surface area contributed by atoms with Gasteiger partial charge in [-0.05, 0) is 83.1 Å². The molecule has 20 nitrogen and oxygen atoms in total. The van der Waals surface area contributed by atoms with Crippen LogP contribution in [0.1, 0.15) is 51.5 Å². The summed E-state index contributed by atoms with van der Waals surface area (Å²) in [6, 6.07) is 34.0. The van der Waals surface area contributed by atoms with Crippen molar-refractivity contribution in [2.75, 3.05) is 48.3 Å². The molecule has 2 amide bonds. The molecule has 4 atom stereocenters. The Kier molecular flexibility index (Phi) is 20.1. The second kappa shape index (κ2) is 27.0. The van der Waals surface area contributed by atoms with Crippen LogP contribution in [-0.2, 0) is 32.0 Å². The number of aromatic nitrogens is 4. The third kappa shape index (κ3) is 14.6. The van der Waals surface area contributed by atoms with E-state index in [2.05, 4.69) is 62.4 Å². The lowest BCUT2D eigenvalue weighted by atomic mass is 9.85. The first kappa shape index (κ1) is 62.7.